The molecule has 2 N–H and O–H groups in total. The van der Waals surface area contributed by atoms with Crippen molar-refractivity contribution in [2.75, 3.05) is 7.05 Å². The highest BCUT2D eigenvalue weighted by Crippen LogP contribution is 2.03. The summed E-state index contributed by atoms with van der Waals surface area (Å²) < 4.78 is 1.29. The molecule has 6 nitrogen and oxygen atoms in total. The van der Waals surface area contributed by atoms with Crippen molar-refractivity contribution in [3.8, 4) is 0 Å². The predicted octanol–water partition coefficient (Wildman–Crippen LogP) is -0.0419. The summed E-state index contributed by atoms with van der Waals surface area (Å²) in [6.07, 6.45) is 1.83. The van der Waals surface area contributed by atoms with Crippen LogP contribution in [0.2, 0.25) is 0 Å². The zero-order valence-corrected chi connectivity index (χ0v) is 9.40. The van der Waals surface area contributed by atoms with Crippen LogP contribution in [0.1, 0.15) is 19.0 Å². The Morgan fingerprint density at radius 2 is 2.38 bits per heavy atom. The van der Waals surface area contributed by atoms with Crippen LogP contribution in [0.4, 0.5) is 0 Å². The Kier molecular flexibility index (Phi) is 3.00. The van der Waals surface area contributed by atoms with Crippen molar-refractivity contribution >= 4 is 5.65 Å². The molecule has 0 saturated carbocycles. The van der Waals surface area contributed by atoms with E-state index in [1.807, 2.05) is 13.1 Å². The van der Waals surface area contributed by atoms with Gasteiger partial charge in [-0.15, -0.1) is 0 Å². The summed E-state index contributed by atoms with van der Waals surface area (Å²) in [5.41, 5.74) is 1.14. The Balaban J connectivity index is 2.31. The average Bonchev–Trinajstić information content (AvgIpc) is 2.68. The lowest BCUT2D eigenvalue weighted by atomic mass is 10.1. The lowest BCUT2D eigenvalue weighted by Gasteiger charge is -2.12. The molecule has 0 saturated heterocycles. The second-order valence-electron chi connectivity index (χ2n) is 3.72. The average molecular weight is 221 g/mol. The molecular formula is C10H15N5O. The van der Waals surface area contributed by atoms with Crippen molar-refractivity contribution in [2.45, 2.75) is 25.8 Å². The monoisotopic (exact) mass is 221 g/mol. The van der Waals surface area contributed by atoms with E-state index in [4.69, 9.17) is 0 Å². The molecule has 2 rings (SSSR count). The fourth-order valence-electron chi connectivity index (χ4n) is 1.65. The quantitative estimate of drug-likeness (QED) is 0.759. The molecular weight excluding hydrogens is 206 g/mol. The molecule has 2 aromatic rings. The molecule has 0 aromatic carbocycles. The van der Waals surface area contributed by atoms with Gasteiger partial charge in [-0.1, -0.05) is 6.92 Å². The van der Waals surface area contributed by atoms with Crippen molar-refractivity contribution in [2.24, 2.45) is 0 Å². The molecule has 2 heterocycles. The molecule has 1 atom stereocenters. The van der Waals surface area contributed by atoms with Crippen LogP contribution in [0.25, 0.3) is 5.65 Å². The first kappa shape index (κ1) is 10.8. The minimum Gasteiger partial charge on any atom is -0.317 e. The highest BCUT2D eigenvalue weighted by Gasteiger charge is 2.07. The van der Waals surface area contributed by atoms with Crippen molar-refractivity contribution in [1.82, 2.24) is 25.1 Å². The summed E-state index contributed by atoms with van der Waals surface area (Å²) in [5.74, 6) is 0. The van der Waals surface area contributed by atoms with E-state index in [2.05, 4.69) is 27.5 Å². The van der Waals surface area contributed by atoms with E-state index in [0.29, 0.717) is 11.7 Å². The Hall–Kier alpha value is -1.69. The largest absolute Gasteiger partial charge is 0.364 e. The minimum atomic E-state index is -0.297. The van der Waals surface area contributed by atoms with Gasteiger partial charge in [-0.05, 0) is 25.6 Å². The van der Waals surface area contributed by atoms with Crippen LogP contribution in [0.15, 0.2) is 16.9 Å². The molecule has 0 radical (unpaired) electrons. The first-order chi connectivity index (χ1) is 7.74. The zero-order chi connectivity index (χ0) is 11.5. The number of hydrogen-bond donors (Lipinski definition) is 2. The van der Waals surface area contributed by atoms with E-state index in [1.54, 1.807) is 6.07 Å². The van der Waals surface area contributed by atoms with Gasteiger partial charge in [-0.3, -0.25) is 0 Å². The summed E-state index contributed by atoms with van der Waals surface area (Å²) >= 11 is 0. The van der Waals surface area contributed by atoms with Crippen LogP contribution in [-0.2, 0) is 6.42 Å². The number of H-pyrrole nitrogens is 1. The van der Waals surface area contributed by atoms with Gasteiger partial charge in [0, 0.05) is 12.5 Å². The van der Waals surface area contributed by atoms with E-state index in [9.17, 15) is 4.79 Å². The number of fused-ring (bicyclic) bond motifs is 1. The van der Waals surface area contributed by atoms with Crippen LogP contribution >= 0.6 is 0 Å². The van der Waals surface area contributed by atoms with Crippen molar-refractivity contribution in [3.63, 3.8) is 0 Å². The zero-order valence-electron chi connectivity index (χ0n) is 9.40. The van der Waals surface area contributed by atoms with E-state index < -0.39 is 0 Å². The fraction of sp³-hybridized carbons (Fsp3) is 0.500. The Bertz CT molecular complexity index is 525. The Morgan fingerprint density at radius 3 is 3.06 bits per heavy atom. The third-order valence-electron chi connectivity index (χ3n) is 2.69. The van der Waals surface area contributed by atoms with Gasteiger partial charge in [-0.2, -0.15) is 14.7 Å². The molecule has 2 aromatic heterocycles. The van der Waals surface area contributed by atoms with Crippen molar-refractivity contribution in [1.29, 1.82) is 0 Å². The van der Waals surface area contributed by atoms with Crippen LogP contribution < -0.4 is 11.0 Å². The van der Waals surface area contributed by atoms with Crippen molar-refractivity contribution < 1.29 is 0 Å². The highest BCUT2D eigenvalue weighted by atomic mass is 16.2. The van der Waals surface area contributed by atoms with Gasteiger partial charge in [0.05, 0.1) is 5.69 Å². The molecule has 0 bridgehead atoms. The molecule has 0 aliphatic rings. The lowest BCUT2D eigenvalue weighted by molar-refractivity contribution is 0.533. The summed E-state index contributed by atoms with van der Waals surface area (Å²) in [7, 11) is 1.93. The normalized spacial score (nSPS) is 13.1. The van der Waals surface area contributed by atoms with Gasteiger partial charge < -0.3 is 5.32 Å². The standard InChI is InChI=1S/C10H15N5O/c1-3-7(11-2)6-8-4-5-9-12-13-10(16)15(9)14-8/h4-5,7,11H,3,6H2,1-2H3,(H,13,16). The van der Waals surface area contributed by atoms with E-state index in [1.165, 1.54) is 4.52 Å². The molecule has 6 heteroatoms. The molecule has 0 spiro atoms. The number of nitrogens with zero attached hydrogens (tertiary/aromatic N) is 3. The number of aromatic amines is 1. The van der Waals surface area contributed by atoms with Crippen molar-refractivity contribution in [3.05, 3.63) is 28.3 Å². The number of likely N-dealkylation sites (N-methyl/N-ethyl adjacent to an activating group) is 1. The molecule has 0 aliphatic heterocycles. The third kappa shape index (κ3) is 1.96. The van der Waals surface area contributed by atoms with E-state index >= 15 is 0 Å². The van der Waals surface area contributed by atoms with Gasteiger partial charge in [0.1, 0.15) is 0 Å². The highest BCUT2D eigenvalue weighted by molar-refractivity contribution is 5.34. The maximum absolute atomic E-state index is 11.3. The van der Waals surface area contributed by atoms with Crippen LogP contribution in [-0.4, -0.2) is 32.9 Å². The molecule has 86 valence electrons. The molecule has 0 amide bonds. The predicted molar refractivity (Wildman–Crippen MR) is 60.5 cm³/mol. The number of rotatable bonds is 4. The fourth-order valence-corrected chi connectivity index (χ4v) is 1.65. The minimum absolute atomic E-state index is 0.297. The van der Waals surface area contributed by atoms with Gasteiger partial charge in [0.25, 0.3) is 0 Å². The van der Waals surface area contributed by atoms with Crippen LogP contribution in [0, 0.1) is 0 Å². The first-order valence-corrected chi connectivity index (χ1v) is 5.35. The topological polar surface area (TPSA) is 75.1 Å². The lowest BCUT2D eigenvalue weighted by Crippen LogP contribution is -2.27. The van der Waals surface area contributed by atoms with Gasteiger partial charge >= 0.3 is 5.69 Å². The first-order valence-electron chi connectivity index (χ1n) is 5.35. The Labute approximate surface area is 92.7 Å². The SMILES string of the molecule is CCC(Cc1ccc2n[nH]c(=O)n2n1)NC. The third-order valence-corrected chi connectivity index (χ3v) is 2.69. The van der Waals surface area contributed by atoms with Crippen LogP contribution in [0.5, 0.6) is 0 Å². The second-order valence-corrected chi connectivity index (χ2v) is 3.72. The molecule has 1 unspecified atom stereocenters. The van der Waals surface area contributed by atoms with Gasteiger partial charge in [-0.25, -0.2) is 9.89 Å². The smallest absolute Gasteiger partial charge is 0.317 e. The molecule has 16 heavy (non-hydrogen) atoms. The van der Waals surface area contributed by atoms with E-state index in [-0.39, 0.29) is 5.69 Å². The molecule has 0 aliphatic carbocycles. The number of hydrogen-bond acceptors (Lipinski definition) is 4. The maximum Gasteiger partial charge on any atom is 0.364 e. The number of aromatic nitrogens is 4. The van der Waals surface area contributed by atoms with E-state index in [0.717, 1.165) is 18.5 Å². The van der Waals surface area contributed by atoms with Gasteiger partial charge in [0.2, 0.25) is 0 Å². The number of nitrogens with one attached hydrogen (secondary N) is 2. The van der Waals surface area contributed by atoms with Crippen LogP contribution in [0.3, 0.4) is 0 Å². The summed E-state index contributed by atoms with van der Waals surface area (Å²) in [5, 5.41) is 13.6. The second kappa shape index (κ2) is 4.44. The summed E-state index contributed by atoms with van der Waals surface area (Å²) in [4.78, 5) is 11.3. The van der Waals surface area contributed by atoms with Gasteiger partial charge in [0.15, 0.2) is 5.65 Å². The summed E-state index contributed by atoms with van der Waals surface area (Å²) in [6, 6.07) is 4.07. The summed E-state index contributed by atoms with van der Waals surface area (Å²) in [6.45, 7) is 2.11. The maximum atomic E-state index is 11.3. The Morgan fingerprint density at radius 1 is 1.56 bits per heavy atom. The molecule has 0 fully saturated rings.